The highest BCUT2D eigenvalue weighted by molar-refractivity contribution is 6.30. The van der Waals surface area contributed by atoms with Gasteiger partial charge in [0, 0.05) is 11.6 Å². The minimum atomic E-state index is -0.0237. The number of hydrogen-bond donors (Lipinski definition) is 0. The number of fused-ring (bicyclic) bond motifs is 1. The van der Waals surface area contributed by atoms with Crippen LogP contribution in [0.3, 0.4) is 0 Å². The van der Waals surface area contributed by atoms with Gasteiger partial charge >= 0.3 is 0 Å². The Morgan fingerprint density at radius 1 is 1.21 bits per heavy atom. The molecule has 0 bridgehead atoms. The van der Waals surface area contributed by atoms with E-state index in [1.54, 1.807) is 0 Å². The largest absolute Gasteiger partial charge is 0.284 e. The molecule has 0 atom stereocenters. The summed E-state index contributed by atoms with van der Waals surface area (Å²) in [5.41, 5.74) is 0.809. The lowest BCUT2D eigenvalue weighted by Crippen LogP contribution is -2.15. The van der Waals surface area contributed by atoms with Crippen molar-refractivity contribution in [1.82, 2.24) is 14.6 Å². The molecule has 0 aromatic carbocycles. The molecular formula is C10H12ClN3. The molecule has 0 radical (unpaired) electrons. The number of nitrogens with zero attached hydrogens (tertiary/aromatic N) is 3. The minimum absolute atomic E-state index is 0.0237. The molecule has 3 nitrogen and oxygen atoms in total. The van der Waals surface area contributed by atoms with Gasteiger partial charge in [0.15, 0.2) is 5.65 Å². The smallest absolute Gasteiger partial charge is 0.160 e. The van der Waals surface area contributed by atoms with Crippen LogP contribution in [-0.4, -0.2) is 14.6 Å². The van der Waals surface area contributed by atoms with Crippen LogP contribution in [0.25, 0.3) is 5.65 Å². The SMILES string of the molecule is CC(C)(C)c1nnc2ccc(Cl)cn12. The van der Waals surface area contributed by atoms with Gasteiger partial charge in [0.05, 0.1) is 5.02 Å². The van der Waals surface area contributed by atoms with Crippen LogP contribution in [0.5, 0.6) is 0 Å². The van der Waals surface area contributed by atoms with Crippen molar-refractivity contribution in [3.05, 3.63) is 29.2 Å². The van der Waals surface area contributed by atoms with Crippen molar-refractivity contribution in [2.45, 2.75) is 26.2 Å². The number of pyridine rings is 1. The van der Waals surface area contributed by atoms with Crippen molar-refractivity contribution in [1.29, 1.82) is 0 Å². The van der Waals surface area contributed by atoms with E-state index in [0.717, 1.165) is 11.5 Å². The Morgan fingerprint density at radius 3 is 2.57 bits per heavy atom. The van der Waals surface area contributed by atoms with Gasteiger partial charge in [-0.25, -0.2) is 0 Å². The molecule has 0 fully saturated rings. The zero-order valence-electron chi connectivity index (χ0n) is 8.45. The van der Waals surface area contributed by atoms with Crippen LogP contribution in [-0.2, 0) is 5.41 Å². The lowest BCUT2D eigenvalue weighted by atomic mass is 9.96. The molecule has 0 saturated heterocycles. The second-order valence-corrected chi connectivity index (χ2v) is 4.79. The molecule has 0 unspecified atom stereocenters. The van der Waals surface area contributed by atoms with Crippen molar-refractivity contribution in [2.24, 2.45) is 0 Å². The van der Waals surface area contributed by atoms with Crippen LogP contribution in [0.15, 0.2) is 18.3 Å². The molecule has 4 heteroatoms. The maximum atomic E-state index is 5.92. The summed E-state index contributed by atoms with van der Waals surface area (Å²) in [6.07, 6.45) is 1.84. The Bertz CT molecular complexity index is 468. The molecule has 0 N–H and O–H groups in total. The van der Waals surface area contributed by atoms with Gasteiger partial charge in [-0.3, -0.25) is 4.40 Å². The van der Waals surface area contributed by atoms with Gasteiger partial charge in [0.1, 0.15) is 5.82 Å². The molecule has 2 aromatic rings. The normalized spacial score (nSPS) is 12.3. The predicted molar refractivity (Wildman–Crippen MR) is 56.7 cm³/mol. The number of halogens is 1. The Hall–Kier alpha value is -1.09. The zero-order valence-corrected chi connectivity index (χ0v) is 9.21. The third kappa shape index (κ3) is 1.48. The summed E-state index contributed by atoms with van der Waals surface area (Å²) in [5, 5.41) is 8.94. The molecule has 2 aromatic heterocycles. The van der Waals surface area contributed by atoms with E-state index < -0.39 is 0 Å². The fourth-order valence-electron chi connectivity index (χ4n) is 1.38. The summed E-state index contributed by atoms with van der Waals surface area (Å²) in [4.78, 5) is 0. The standard InChI is InChI=1S/C10H12ClN3/c1-10(2,3)9-13-12-8-5-4-7(11)6-14(8)9/h4-6H,1-3H3. The highest BCUT2D eigenvalue weighted by Crippen LogP contribution is 2.21. The average molecular weight is 210 g/mol. The predicted octanol–water partition coefficient (Wildman–Crippen LogP) is 2.68. The van der Waals surface area contributed by atoms with Crippen molar-refractivity contribution < 1.29 is 0 Å². The lowest BCUT2D eigenvalue weighted by Gasteiger charge is -2.15. The summed E-state index contributed by atoms with van der Waals surface area (Å²) in [7, 11) is 0. The summed E-state index contributed by atoms with van der Waals surface area (Å²) in [6, 6.07) is 3.68. The lowest BCUT2D eigenvalue weighted by molar-refractivity contribution is 0.539. The minimum Gasteiger partial charge on any atom is -0.284 e. The van der Waals surface area contributed by atoms with Gasteiger partial charge in [-0.2, -0.15) is 0 Å². The Kier molecular flexibility index (Phi) is 2.00. The molecule has 0 saturated carbocycles. The highest BCUT2D eigenvalue weighted by atomic mass is 35.5. The van der Waals surface area contributed by atoms with Gasteiger partial charge in [-0.15, -0.1) is 10.2 Å². The molecule has 2 rings (SSSR count). The van der Waals surface area contributed by atoms with E-state index in [1.807, 2.05) is 22.7 Å². The first-order valence-electron chi connectivity index (χ1n) is 4.49. The van der Waals surface area contributed by atoms with Crippen molar-refractivity contribution >= 4 is 17.2 Å². The summed E-state index contributed by atoms with van der Waals surface area (Å²) in [5.74, 6) is 0.926. The molecular weight excluding hydrogens is 198 g/mol. The topological polar surface area (TPSA) is 30.2 Å². The molecule has 0 aliphatic carbocycles. The fraction of sp³-hybridized carbons (Fsp3) is 0.400. The van der Waals surface area contributed by atoms with Crippen LogP contribution in [0, 0.1) is 0 Å². The molecule has 0 aliphatic heterocycles. The number of hydrogen-bond acceptors (Lipinski definition) is 2. The molecule has 2 heterocycles. The van der Waals surface area contributed by atoms with E-state index in [-0.39, 0.29) is 5.41 Å². The summed E-state index contributed by atoms with van der Waals surface area (Å²) >= 11 is 5.92. The Labute approximate surface area is 87.7 Å². The summed E-state index contributed by atoms with van der Waals surface area (Å²) in [6.45, 7) is 6.30. The van der Waals surface area contributed by atoms with E-state index in [1.165, 1.54) is 0 Å². The highest BCUT2D eigenvalue weighted by Gasteiger charge is 2.20. The first-order chi connectivity index (χ1) is 6.48. The van der Waals surface area contributed by atoms with E-state index in [9.17, 15) is 0 Å². The first-order valence-corrected chi connectivity index (χ1v) is 4.87. The van der Waals surface area contributed by atoms with Crippen molar-refractivity contribution in [3.8, 4) is 0 Å². The maximum Gasteiger partial charge on any atom is 0.160 e. The molecule has 0 spiro atoms. The van der Waals surface area contributed by atoms with Crippen LogP contribution in [0.2, 0.25) is 5.02 Å². The maximum absolute atomic E-state index is 5.92. The number of rotatable bonds is 0. The van der Waals surface area contributed by atoms with E-state index >= 15 is 0 Å². The molecule has 14 heavy (non-hydrogen) atoms. The van der Waals surface area contributed by atoms with Crippen molar-refractivity contribution in [2.75, 3.05) is 0 Å². The zero-order chi connectivity index (χ0) is 10.3. The van der Waals surface area contributed by atoms with Gasteiger partial charge in [0.25, 0.3) is 0 Å². The third-order valence-electron chi connectivity index (χ3n) is 2.04. The van der Waals surface area contributed by atoms with E-state index in [0.29, 0.717) is 5.02 Å². The van der Waals surface area contributed by atoms with E-state index in [2.05, 4.69) is 31.0 Å². The van der Waals surface area contributed by atoms with Gasteiger partial charge in [-0.05, 0) is 12.1 Å². The van der Waals surface area contributed by atoms with Crippen LogP contribution in [0.1, 0.15) is 26.6 Å². The average Bonchev–Trinajstić information content (AvgIpc) is 2.45. The summed E-state index contributed by atoms with van der Waals surface area (Å²) < 4.78 is 1.93. The monoisotopic (exact) mass is 209 g/mol. The van der Waals surface area contributed by atoms with Crippen LogP contribution in [0.4, 0.5) is 0 Å². The fourth-order valence-corrected chi connectivity index (χ4v) is 1.54. The molecule has 74 valence electrons. The number of aromatic nitrogens is 3. The van der Waals surface area contributed by atoms with Crippen LogP contribution < -0.4 is 0 Å². The third-order valence-corrected chi connectivity index (χ3v) is 2.26. The van der Waals surface area contributed by atoms with Gasteiger partial charge < -0.3 is 0 Å². The second kappa shape index (κ2) is 2.95. The molecule has 0 aliphatic rings. The van der Waals surface area contributed by atoms with Gasteiger partial charge in [0.2, 0.25) is 0 Å². The quantitative estimate of drug-likeness (QED) is 0.668. The Balaban J connectivity index is 2.73. The first kappa shape index (κ1) is 9.46. The Morgan fingerprint density at radius 2 is 1.93 bits per heavy atom. The second-order valence-electron chi connectivity index (χ2n) is 4.35. The van der Waals surface area contributed by atoms with Crippen molar-refractivity contribution in [3.63, 3.8) is 0 Å². The molecule has 0 amide bonds. The van der Waals surface area contributed by atoms with E-state index in [4.69, 9.17) is 11.6 Å². The van der Waals surface area contributed by atoms with Crippen LogP contribution >= 0.6 is 11.6 Å². The van der Waals surface area contributed by atoms with Gasteiger partial charge in [-0.1, -0.05) is 32.4 Å².